The van der Waals surface area contributed by atoms with Crippen LogP contribution in [0.25, 0.3) is 0 Å². The Morgan fingerprint density at radius 3 is 2.43 bits per heavy atom. The van der Waals surface area contributed by atoms with Gasteiger partial charge in [-0.1, -0.05) is 31.4 Å². The molecule has 7 heteroatoms. The van der Waals surface area contributed by atoms with Crippen LogP contribution in [0, 0.1) is 23.7 Å². The maximum Gasteiger partial charge on any atom is 0.307 e. The minimum atomic E-state index is -0.907. The fourth-order valence-corrected chi connectivity index (χ4v) is 7.24. The number of hydrogen-bond donors (Lipinski definition) is 3. The van der Waals surface area contributed by atoms with Gasteiger partial charge in [-0.25, -0.2) is 0 Å². The van der Waals surface area contributed by atoms with Crippen LogP contribution in [0.1, 0.15) is 65.7 Å². The molecule has 30 heavy (non-hydrogen) atoms. The molecule has 0 spiro atoms. The Kier molecular flexibility index (Phi) is 5.17. The van der Waals surface area contributed by atoms with Crippen LogP contribution in [0.5, 0.6) is 0 Å². The first-order valence-corrected chi connectivity index (χ1v) is 12.0. The zero-order valence-corrected chi connectivity index (χ0v) is 17.8. The van der Waals surface area contributed by atoms with Crippen molar-refractivity contribution in [1.82, 2.24) is 5.32 Å². The molecule has 1 aromatic heterocycles. The molecule has 2 fully saturated rings. The number of amides is 2. The number of anilines is 1. The molecule has 0 aliphatic heterocycles. The van der Waals surface area contributed by atoms with E-state index in [1.165, 1.54) is 22.6 Å². The molecular weight excluding hydrogens is 400 g/mol. The lowest BCUT2D eigenvalue weighted by atomic mass is 9.82. The van der Waals surface area contributed by atoms with Crippen molar-refractivity contribution in [3.63, 3.8) is 0 Å². The third-order valence-electron chi connectivity index (χ3n) is 7.37. The SMILES string of the molecule is O=C(NC1CCCCC1)c1c(NC(=O)C2C3C=CC(C3)C2C(=O)O)sc2c1CCC2. The van der Waals surface area contributed by atoms with Crippen LogP contribution in [-0.4, -0.2) is 28.9 Å². The van der Waals surface area contributed by atoms with Crippen molar-refractivity contribution in [1.29, 1.82) is 0 Å². The van der Waals surface area contributed by atoms with Crippen LogP contribution in [0.2, 0.25) is 0 Å². The zero-order valence-electron chi connectivity index (χ0n) is 17.0. The van der Waals surface area contributed by atoms with Gasteiger partial charge >= 0.3 is 5.97 Å². The van der Waals surface area contributed by atoms with Crippen molar-refractivity contribution >= 4 is 34.1 Å². The highest BCUT2D eigenvalue weighted by molar-refractivity contribution is 7.17. The summed E-state index contributed by atoms with van der Waals surface area (Å²) in [5.41, 5.74) is 1.70. The normalized spacial score (nSPS) is 29.7. The molecule has 6 nitrogen and oxygen atoms in total. The van der Waals surface area contributed by atoms with E-state index in [2.05, 4.69) is 10.6 Å². The first-order valence-electron chi connectivity index (χ1n) is 11.2. The molecule has 0 aromatic carbocycles. The Labute approximate surface area is 180 Å². The van der Waals surface area contributed by atoms with Gasteiger partial charge in [-0.2, -0.15) is 0 Å². The maximum atomic E-state index is 13.2. The van der Waals surface area contributed by atoms with Crippen molar-refractivity contribution in [2.75, 3.05) is 5.32 Å². The molecule has 0 saturated heterocycles. The second kappa shape index (κ2) is 7.84. The van der Waals surface area contributed by atoms with Crippen LogP contribution in [0.3, 0.4) is 0 Å². The van der Waals surface area contributed by atoms with Gasteiger partial charge in [-0.3, -0.25) is 14.4 Å². The van der Waals surface area contributed by atoms with Gasteiger partial charge in [0.2, 0.25) is 5.91 Å². The lowest BCUT2D eigenvalue weighted by Crippen LogP contribution is -2.38. The van der Waals surface area contributed by atoms with E-state index >= 15 is 0 Å². The average Bonchev–Trinajstić information content (AvgIpc) is 3.48. The summed E-state index contributed by atoms with van der Waals surface area (Å²) in [4.78, 5) is 39.3. The quantitative estimate of drug-likeness (QED) is 0.622. The highest BCUT2D eigenvalue weighted by Crippen LogP contribution is 2.49. The van der Waals surface area contributed by atoms with Gasteiger partial charge in [-0.05, 0) is 55.9 Å². The number of carbonyl (C=O) groups is 3. The first kappa shape index (κ1) is 19.8. The third kappa shape index (κ3) is 3.37. The van der Waals surface area contributed by atoms with Crippen LogP contribution in [0.15, 0.2) is 12.2 Å². The number of allylic oxidation sites excluding steroid dienone is 2. The van der Waals surface area contributed by atoms with Gasteiger partial charge in [0.05, 0.1) is 17.4 Å². The molecule has 5 rings (SSSR count). The van der Waals surface area contributed by atoms with Crippen LogP contribution in [0.4, 0.5) is 5.00 Å². The molecular formula is C23H28N2O4S. The Bertz CT molecular complexity index is 915. The zero-order chi connectivity index (χ0) is 20.8. The lowest BCUT2D eigenvalue weighted by Gasteiger charge is -2.24. The predicted molar refractivity (Wildman–Crippen MR) is 115 cm³/mol. The number of thiophene rings is 1. The summed E-state index contributed by atoms with van der Waals surface area (Å²) in [6.45, 7) is 0. The summed E-state index contributed by atoms with van der Waals surface area (Å²) < 4.78 is 0. The van der Waals surface area contributed by atoms with E-state index in [1.807, 2.05) is 12.2 Å². The standard InChI is InChI=1S/C23H28N2O4S/c26-20(17-12-9-10-13(11-12)18(17)23(28)29)25-22-19(15-7-4-8-16(15)30-22)21(27)24-14-5-2-1-3-6-14/h9-10,12-14,17-18H,1-8,11H2,(H,24,27)(H,25,26)(H,28,29). The van der Waals surface area contributed by atoms with Gasteiger partial charge in [0.1, 0.15) is 5.00 Å². The van der Waals surface area contributed by atoms with Gasteiger partial charge in [0.15, 0.2) is 0 Å². The first-order chi connectivity index (χ1) is 14.5. The van der Waals surface area contributed by atoms with Crippen molar-refractivity contribution in [3.05, 3.63) is 28.2 Å². The monoisotopic (exact) mass is 428 g/mol. The molecule has 1 heterocycles. The number of aliphatic carboxylic acids is 1. The van der Waals surface area contributed by atoms with Gasteiger partial charge in [-0.15, -0.1) is 11.3 Å². The molecule has 4 aliphatic carbocycles. The summed E-state index contributed by atoms with van der Waals surface area (Å²) in [6.07, 6.45) is 13.0. The van der Waals surface area contributed by atoms with E-state index in [1.54, 1.807) is 0 Å². The molecule has 4 aliphatic rings. The van der Waals surface area contributed by atoms with E-state index in [0.717, 1.165) is 56.9 Å². The van der Waals surface area contributed by atoms with Crippen LogP contribution >= 0.6 is 11.3 Å². The predicted octanol–water partition coefficient (Wildman–Crippen LogP) is 3.76. The fraction of sp³-hybridized carbons (Fsp3) is 0.609. The van der Waals surface area contributed by atoms with E-state index in [-0.39, 0.29) is 29.7 Å². The van der Waals surface area contributed by atoms with Crippen molar-refractivity contribution in [3.8, 4) is 0 Å². The number of carboxylic acid groups (broad SMARTS) is 1. The average molecular weight is 429 g/mol. The number of carbonyl (C=O) groups excluding carboxylic acids is 2. The van der Waals surface area contributed by atoms with E-state index in [9.17, 15) is 19.5 Å². The van der Waals surface area contributed by atoms with Gasteiger partial charge in [0.25, 0.3) is 5.91 Å². The maximum absolute atomic E-state index is 13.2. The van der Waals surface area contributed by atoms with Crippen molar-refractivity contribution < 1.29 is 19.5 Å². The highest BCUT2D eigenvalue weighted by Gasteiger charge is 2.51. The Balaban J connectivity index is 1.38. The minimum Gasteiger partial charge on any atom is -0.481 e. The van der Waals surface area contributed by atoms with Crippen LogP contribution in [-0.2, 0) is 22.4 Å². The molecule has 2 saturated carbocycles. The van der Waals surface area contributed by atoms with E-state index < -0.39 is 17.8 Å². The Hall–Kier alpha value is -2.15. The molecule has 4 unspecified atom stereocenters. The van der Waals surface area contributed by atoms with Crippen LogP contribution < -0.4 is 10.6 Å². The summed E-state index contributed by atoms with van der Waals surface area (Å²) in [5, 5.41) is 16.5. The minimum absolute atomic E-state index is 0.0255. The lowest BCUT2D eigenvalue weighted by molar-refractivity contribution is -0.146. The topological polar surface area (TPSA) is 95.5 Å². The Morgan fingerprint density at radius 1 is 0.967 bits per heavy atom. The van der Waals surface area contributed by atoms with Gasteiger partial charge in [0, 0.05) is 10.9 Å². The Morgan fingerprint density at radius 2 is 1.70 bits per heavy atom. The highest BCUT2D eigenvalue weighted by atomic mass is 32.1. The second-order valence-electron chi connectivity index (χ2n) is 9.20. The molecule has 2 amide bonds. The van der Waals surface area contributed by atoms with E-state index in [0.29, 0.717) is 10.6 Å². The molecule has 0 radical (unpaired) electrons. The third-order valence-corrected chi connectivity index (χ3v) is 8.58. The summed E-state index contributed by atoms with van der Waals surface area (Å²) in [6, 6.07) is 0.207. The van der Waals surface area contributed by atoms with Crippen molar-refractivity contribution in [2.24, 2.45) is 23.7 Å². The second-order valence-corrected chi connectivity index (χ2v) is 10.3. The number of hydrogen-bond acceptors (Lipinski definition) is 4. The summed E-state index contributed by atoms with van der Waals surface area (Å²) in [7, 11) is 0. The number of nitrogens with one attached hydrogen (secondary N) is 2. The summed E-state index contributed by atoms with van der Waals surface area (Å²) in [5.74, 6) is -2.58. The van der Waals surface area contributed by atoms with Gasteiger partial charge < -0.3 is 15.7 Å². The number of aryl methyl sites for hydroxylation is 1. The largest absolute Gasteiger partial charge is 0.481 e. The molecule has 1 aromatic rings. The summed E-state index contributed by atoms with van der Waals surface area (Å²) >= 11 is 1.50. The molecule has 2 bridgehead atoms. The van der Waals surface area contributed by atoms with Crippen molar-refractivity contribution in [2.45, 2.75) is 63.8 Å². The molecule has 3 N–H and O–H groups in total. The number of rotatable bonds is 5. The fourth-order valence-electron chi connectivity index (χ4n) is 5.95. The smallest absolute Gasteiger partial charge is 0.307 e. The van der Waals surface area contributed by atoms with E-state index in [4.69, 9.17) is 0 Å². The molecule has 4 atom stereocenters. The number of fused-ring (bicyclic) bond motifs is 3. The molecule has 160 valence electrons. The number of carboxylic acids is 1.